The normalized spacial score (nSPS) is 17.7. The van der Waals surface area contributed by atoms with Crippen molar-refractivity contribution in [3.63, 3.8) is 0 Å². The van der Waals surface area contributed by atoms with Crippen molar-refractivity contribution in [3.05, 3.63) is 28.5 Å². The van der Waals surface area contributed by atoms with Gasteiger partial charge in [-0.1, -0.05) is 28.8 Å². The summed E-state index contributed by atoms with van der Waals surface area (Å²) in [5.74, 6) is -0.601. The van der Waals surface area contributed by atoms with E-state index in [1.807, 2.05) is 0 Å². The molecule has 5 heteroatoms. The van der Waals surface area contributed by atoms with Gasteiger partial charge in [0.05, 0.1) is 11.1 Å². The number of carbonyl (C=O) groups excluding carboxylic acids is 1. The van der Waals surface area contributed by atoms with E-state index >= 15 is 0 Å². The third-order valence-corrected chi connectivity index (χ3v) is 4.10. The summed E-state index contributed by atoms with van der Waals surface area (Å²) in [6.45, 7) is 0.314. The highest BCUT2D eigenvalue weighted by molar-refractivity contribution is 9.10. The first kappa shape index (κ1) is 13.5. The summed E-state index contributed by atoms with van der Waals surface area (Å²) in [6.07, 6.45) is 3.58. The molecule has 0 spiro atoms. The number of hydrogen-bond donors (Lipinski definition) is 2. The van der Waals surface area contributed by atoms with E-state index in [4.69, 9.17) is 5.73 Å². The number of rotatable bonds is 3. The topological polar surface area (TPSA) is 55.1 Å². The van der Waals surface area contributed by atoms with Crippen LogP contribution in [0.1, 0.15) is 25.7 Å². The number of amides is 1. The molecule has 18 heavy (non-hydrogen) atoms. The van der Waals surface area contributed by atoms with E-state index in [0.29, 0.717) is 6.54 Å². The summed E-state index contributed by atoms with van der Waals surface area (Å²) in [6, 6.07) is 4.48. The molecule has 2 rings (SSSR count). The fraction of sp³-hybridized carbons (Fsp3) is 0.462. The number of benzene rings is 1. The lowest BCUT2D eigenvalue weighted by Crippen LogP contribution is -2.40. The van der Waals surface area contributed by atoms with Gasteiger partial charge in [-0.3, -0.25) is 4.79 Å². The van der Waals surface area contributed by atoms with Gasteiger partial charge in [-0.25, -0.2) is 4.39 Å². The first-order chi connectivity index (χ1) is 8.57. The van der Waals surface area contributed by atoms with E-state index in [0.717, 1.165) is 30.2 Å². The molecule has 1 aliphatic carbocycles. The van der Waals surface area contributed by atoms with E-state index in [9.17, 15) is 9.18 Å². The van der Waals surface area contributed by atoms with Crippen LogP contribution >= 0.6 is 15.9 Å². The van der Waals surface area contributed by atoms with Gasteiger partial charge in [0.2, 0.25) is 5.91 Å². The lowest BCUT2D eigenvalue weighted by atomic mass is 9.85. The summed E-state index contributed by atoms with van der Waals surface area (Å²) in [5.41, 5.74) is 5.41. The van der Waals surface area contributed by atoms with Crippen molar-refractivity contribution in [1.82, 2.24) is 0 Å². The second kappa shape index (κ2) is 5.36. The van der Waals surface area contributed by atoms with Gasteiger partial charge in [0.25, 0.3) is 0 Å². The Bertz CT molecular complexity index is 458. The highest BCUT2D eigenvalue weighted by Gasteiger charge is 2.40. The highest BCUT2D eigenvalue weighted by atomic mass is 79.9. The van der Waals surface area contributed by atoms with E-state index in [-0.39, 0.29) is 11.6 Å². The van der Waals surface area contributed by atoms with Gasteiger partial charge in [-0.15, -0.1) is 0 Å². The molecule has 1 aromatic rings. The summed E-state index contributed by atoms with van der Waals surface area (Å²) >= 11 is 3.26. The Balaban J connectivity index is 2.18. The number of anilines is 1. The molecule has 0 aromatic heterocycles. The van der Waals surface area contributed by atoms with E-state index in [1.54, 1.807) is 12.1 Å². The van der Waals surface area contributed by atoms with Crippen LogP contribution < -0.4 is 11.1 Å². The minimum atomic E-state index is -0.519. The summed E-state index contributed by atoms with van der Waals surface area (Å²) < 4.78 is 14.3. The van der Waals surface area contributed by atoms with Crippen molar-refractivity contribution < 1.29 is 9.18 Å². The van der Waals surface area contributed by atoms with Crippen LogP contribution in [0.2, 0.25) is 0 Å². The predicted molar refractivity (Wildman–Crippen MR) is 72.7 cm³/mol. The molecule has 3 N–H and O–H groups in total. The van der Waals surface area contributed by atoms with E-state index in [2.05, 4.69) is 21.2 Å². The standard InChI is InChI=1S/C13H16BrFN2O/c14-9-3-4-10(15)11(7-9)17-12(18)13(8-16)5-1-2-6-13/h3-4,7H,1-2,5-6,8,16H2,(H,17,18). The van der Waals surface area contributed by atoms with Crippen molar-refractivity contribution in [2.45, 2.75) is 25.7 Å². The van der Waals surface area contributed by atoms with Crippen LogP contribution in [0.3, 0.4) is 0 Å². The second-order valence-electron chi connectivity index (χ2n) is 4.77. The third-order valence-electron chi connectivity index (χ3n) is 3.61. The smallest absolute Gasteiger partial charge is 0.231 e. The maximum Gasteiger partial charge on any atom is 0.231 e. The molecule has 3 nitrogen and oxygen atoms in total. The zero-order chi connectivity index (χ0) is 13.2. The maximum atomic E-state index is 13.6. The Kier molecular flexibility index (Phi) is 4.02. The number of halogens is 2. The lowest BCUT2D eigenvalue weighted by molar-refractivity contribution is -0.124. The molecule has 0 aliphatic heterocycles. The molecule has 0 radical (unpaired) electrons. The Morgan fingerprint density at radius 1 is 1.44 bits per heavy atom. The molecule has 1 aliphatic rings. The molecule has 1 amide bonds. The first-order valence-corrected chi connectivity index (χ1v) is 6.83. The zero-order valence-electron chi connectivity index (χ0n) is 10.0. The van der Waals surface area contributed by atoms with Gasteiger partial charge in [0, 0.05) is 11.0 Å². The van der Waals surface area contributed by atoms with E-state index in [1.165, 1.54) is 6.07 Å². The SMILES string of the molecule is NCC1(C(=O)Nc2cc(Br)ccc2F)CCCC1. The molecule has 1 saturated carbocycles. The van der Waals surface area contributed by atoms with Crippen molar-refractivity contribution in [2.24, 2.45) is 11.1 Å². The minimum Gasteiger partial charge on any atom is -0.329 e. The number of carbonyl (C=O) groups is 1. The van der Waals surface area contributed by atoms with E-state index < -0.39 is 11.2 Å². The molecular formula is C13H16BrFN2O. The summed E-state index contributed by atoms with van der Waals surface area (Å²) in [5, 5.41) is 2.66. The Morgan fingerprint density at radius 3 is 2.72 bits per heavy atom. The average Bonchev–Trinajstić information content (AvgIpc) is 2.84. The molecule has 1 fully saturated rings. The fourth-order valence-electron chi connectivity index (χ4n) is 2.42. The Morgan fingerprint density at radius 2 is 2.11 bits per heavy atom. The maximum absolute atomic E-state index is 13.6. The molecule has 1 aromatic carbocycles. The zero-order valence-corrected chi connectivity index (χ0v) is 11.6. The molecule has 0 atom stereocenters. The Labute approximate surface area is 114 Å². The van der Waals surface area contributed by atoms with Crippen LogP contribution in [0.4, 0.5) is 10.1 Å². The first-order valence-electron chi connectivity index (χ1n) is 6.04. The van der Waals surface area contributed by atoms with Crippen molar-refractivity contribution in [3.8, 4) is 0 Å². The number of nitrogens with one attached hydrogen (secondary N) is 1. The largest absolute Gasteiger partial charge is 0.329 e. The number of hydrogen-bond acceptors (Lipinski definition) is 2. The minimum absolute atomic E-state index is 0.167. The molecule has 0 unspecified atom stereocenters. The summed E-state index contributed by atoms with van der Waals surface area (Å²) in [7, 11) is 0. The monoisotopic (exact) mass is 314 g/mol. The van der Waals surface area contributed by atoms with Gasteiger partial charge in [-0.2, -0.15) is 0 Å². The van der Waals surface area contributed by atoms with Crippen LogP contribution in [-0.2, 0) is 4.79 Å². The molecule has 0 saturated heterocycles. The average molecular weight is 315 g/mol. The molecule has 0 bridgehead atoms. The second-order valence-corrected chi connectivity index (χ2v) is 5.69. The van der Waals surface area contributed by atoms with Crippen molar-refractivity contribution in [1.29, 1.82) is 0 Å². The lowest BCUT2D eigenvalue weighted by Gasteiger charge is -2.25. The molecule has 98 valence electrons. The predicted octanol–water partition coefficient (Wildman–Crippen LogP) is 3.05. The van der Waals surface area contributed by atoms with Gasteiger partial charge in [0.15, 0.2) is 0 Å². The number of nitrogens with two attached hydrogens (primary N) is 1. The van der Waals surface area contributed by atoms with Gasteiger partial charge in [-0.05, 0) is 31.0 Å². The summed E-state index contributed by atoms with van der Waals surface area (Å²) in [4.78, 5) is 12.3. The Hall–Kier alpha value is -0.940. The van der Waals surface area contributed by atoms with Gasteiger partial charge >= 0.3 is 0 Å². The van der Waals surface area contributed by atoms with Crippen LogP contribution in [0.25, 0.3) is 0 Å². The van der Waals surface area contributed by atoms with Gasteiger partial charge in [0.1, 0.15) is 5.82 Å². The quantitative estimate of drug-likeness (QED) is 0.901. The fourth-order valence-corrected chi connectivity index (χ4v) is 2.78. The molecular weight excluding hydrogens is 299 g/mol. The van der Waals surface area contributed by atoms with Crippen LogP contribution in [-0.4, -0.2) is 12.5 Å². The van der Waals surface area contributed by atoms with Crippen LogP contribution in [0.15, 0.2) is 22.7 Å². The van der Waals surface area contributed by atoms with Crippen LogP contribution in [0, 0.1) is 11.2 Å². The van der Waals surface area contributed by atoms with Gasteiger partial charge < -0.3 is 11.1 Å². The van der Waals surface area contributed by atoms with Crippen molar-refractivity contribution in [2.75, 3.05) is 11.9 Å². The highest BCUT2D eigenvalue weighted by Crippen LogP contribution is 2.38. The van der Waals surface area contributed by atoms with Crippen molar-refractivity contribution >= 4 is 27.5 Å². The third kappa shape index (κ3) is 2.57. The molecule has 0 heterocycles. The van der Waals surface area contributed by atoms with Crippen LogP contribution in [0.5, 0.6) is 0 Å².